The highest BCUT2D eigenvalue weighted by Gasteiger charge is 2.14. The maximum absolute atomic E-state index is 11.5. The Balaban J connectivity index is 0.000000203. The number of hydrogen-bond donors (Lipinski definition) is 2. The van der Waals surface area contributed by atoms with Crippen LogP contribution in [0.5, 0.6) is 11.5 Å². The molecule has 0 radical (unpaired) electrons. The number of ether oxygens (including phenoxy) is 2. The second kappa shape index (κ2) is 22.6. The summed E-state index contributed by atoms with van der Waals surface area (Å²) in [6, 6.07) is 61.0. The SMILES string of the molecule is COc1ccccc1/C=C/c1ccc(-c2ccc(/C=C/c3ccccc3OC)cc2)cc1.O=S(=O)(O)c1ccccc1/C=C/c1ccc(-c2ccc(/C=C/c3ccccc3S(=O)(=O)O)cc2)cc1. The molecular formula is C58H48O8S2. The fourth-order valence-corrected chi connectivity index (χ4v) is 8.57. The van der Waals surface area contributed by atoms with Gasteiger partial charge in [-0.3, -0.25) is 9.11 Å². The fraction of sp³-hybridized carbons (Fsp3) is 0.0345. The number of para-hydroxylation sites is 2. The van der Waals surface area contributed by atoms with Crippen molar-refractivity contribution in [3.63, 3.8) is 0 Å². The molecule has 8 aromatic rings. The van der Waals surface area contributed by atoms with Gasteiger partial charge in [-0.05, 0) is 79.9 Å². The van der Waals surface area contributed by atoms with Gasteiger partial charge >= 0.3 is 0 Å². The normalized spacial score (nSPS) is 11.8. The zero-order valence-electron chi connectivity index (χ0n) is 37.3. The van der Waals surface area contributed by atoms with Crippen molar-refractivity contribution in [1.82, 2.24) is 0 Å². The van der Waals surface area contributed by atoms with Gasteiger partial charge in [0, 0.05) is 11.1 Å². The maximum Gasteiger partial charge on any atom is 0.295 e. The summed E-state index contributed by atoms with van der Waals surface area (Å²) in [5, 5.41) is 0. The molecule has 0 bridgehead atoms. The van der Waals surface area contributed by atoms with Gasteiger partial charge in [-0.1, -0.05) is 218 Å². The number of benzene rings is 8. The Morgan fingerprint density at radius 1 is 0.309 bits per heavy atom. The van der Waals surface area contributed by atoms with E-state index in [2.05, 4.69) is 72.8 Å². The average molecular weight is 937 g/mol. The number of methoxy groups -OCH3 is 2. The van der Waals surface area contributed by atoms with Crippen molar-refractivity contribution < 1.29 is 35.4 Å². The van der Waals surface area contributed by atoms with Gasteiger partial charge in [-0.25, -0.2) is 0 Å². The van der Waals surface area contributed by atoms with Crippen molar-refractivity contribution >= 4 is 68.8 Å². The molecule has 0 atom stereocenters. The van der Waals surface area contributed by atoms with Crippen LogP contribution in [0, 0.1) is 0 Å². The first-order chi connectivity index (χ1) is 32.9. The number of hydrogen-bond acceptors (Lipinski definition) is 6. The van der Waals surface area contributed by atoms with E-state index in [1.165, 1.54) is 23.3 Å². The van der Waals surface area contributed by atoms with Gasteiger partial charge in [0.25, 0.3) is 20.2 Å². The predicted molar refractivity (Wildman–Crippen MR) is 278 cm³/mol. The predicted octanol–water partition coefficient (Wildman–Crippen LogP) is 13.9. The summed E-state index contributed by atoms with van der Waals surface area (Å²) in [6.45, 7) is 0. The molecular weight excluding hydrogens is 889 g/mol. The molecule has 0 spiro atoms. The van der Waals surface area contributed by atoms with E-state index in [0.29, 0.717) is 11.1 Å². The molecule has 8 rings (SSSR count). The van der Waals surface area contributed by atoms with Crippen LogP contribution in [-0.4, -0.2) is 40.2 Å². The Bertz CT molecular complexity index is 3090. The lowest BCUT2D eigenvalue weighted by Gasteiger charge is -2.05. The van der Waals surface area contributed by atoms with Crippen molar-refractivity contribution in [3.8, 4) is 33.8 Å². The number of rotatable bonds is 14. The lowest BCUT2D eigenvalue weighted by Crippen LogP contribution is -2.00. The van der Waals surface area contributed by atoms with Gasteiger partial charge in [0.15, 0.2) is 0 Å². The van der Waals surface area contributed by atoms with E-state index in [1.54, 1.807) is 74.9 Å². The molecule has 8 nitrogen and oxygen atoms in total. The molecule has 8 aromatic carbocycles. The van der Waals surface area contributed by atoms with Crippen LogP contribution in [0.25, 0.3) is 70.9 Å². The van der Waals surface area contributed by atoms with Crippen molar-refractivity contribution in [3.05, 3.63) is 239 Å². The van der Waals surface area contributed by atoms with Gasteiger partial charge in [-0.15, -0.1) is 0 Å². The topological polar surface area (TPSA) is 127 Å². The minimum Gasteiger partial charge on any atom is -0.496 e. The second-order valence-electron chi connectivity index (χ2n) is 15.3. The molecule has 0 fully saturated rings. The third kappa shape index (κ3) is 13.2. The van der Waals surface area contributed by atoms with Crippen LogP contribution < -0.4 is 9.47 Å². The summed E-state index contributed by atoms with van der Waals surface area (Å²) in [7, 11) is -5.22. The zero-order chi connectivity index (χ0) is 47.9. The quantitative estimate of drug-likeness (QED) is 0.0815. The lowest BCUT2D eigenvalue weighted by molar-refractivity contribution is 0.414. The summed E-state index contributed by atoms with van der Waals surface area (Å²) in [5.41, 5.74) is 11.3. The van der Waals surface area contributed by atoms with E-state index in [0.717, 1.165) is 56.0 Å². The molecule has 0 unspecified atom stereocenters. The standard InChI is InChI=1S/C30H26O2.C28H22O6S2/c1-31-29-9-5-3-7-27(29)21-15-23-11-17-25(18-12-23)26-19-13-24(14-20-26)16-22-28-8-4-6-10-30(28)32-2;29-35(30,31)27-7-3-1-5-25(27)19-13-21-9-15-23(16-10-21)24-17-11-22(12-18-24)14-20-26-6-2-4-8-28(26)36(32,33)34/h3-22H,1-2H3;1-20H,(H,29,30,31)(H,32,33,34)/b21-15+,22-16+;19-13+,20-14+. The Labute approximate surface area is 398 Å². The molecule has 0 aliphatic rings. The fourth-order valence-electron chi connectivity index (χ4n) is 7.21. The van der Waals surface area contributed by atoms with Crippen LogP contribution in [-0.2, 0) is 20.2 Å². The van der Waals surface area contributed by atoms with E-state index in [1.807, 2.05) is 97.1 Å². The molecule has 0 aromatic heterocycles. The van der Waals surface area contributed by atoms with Crippen LogP contribution in [0.1, 0.15) is 44.5 Å². The van der Waals surface area contributed by atoms with E-state index in [-0.39, 0.29) is 9.79 Å². The molecule has 0 aliphatic heterocycles. The lowest BCUT2D eigenvalue weighted by atomic mass is 10.0. The van der Waals surface area contributed by atoms with Crippen molar-refractivity contribution in [2.45, 2.75) is 9.79 Å². The molecule has 68 heavy (non-hydrogen) atoms. The molecule has 0 amide bonds. The van der Waals surface area contributed by atoms with Gasteiger partial charge in [-0.2, -0.15) is 16.8 Å². The second-order valence-corrected chi connectivity index (χ2v) is 18.1. The molecule has 2 N–H and O–H groups in total. The van der Waals surface area contributed by atoms with E-state index < -0.39 is 20.2 Å². The third-order valence-electron chi connectivity index (χ3n) is 10.8. The third-order valence-corrected chi connectivity index (χ3v) is 12.7. The first-order valence-electron chi connectivity index (χ1n) is 21.4. The monoisotopic (exact) mass is 936 g/mol. The summed E-state index contributed by atoms with van der Waals surface area (Å²) in [5.74, 6) is 1.75. The average Bonchev–Trinajstić information content (AvgIpc) is 3.37. The smallest absolute Gasteiger partial charge is 0.295 e. The molecule has 10 heteroatoms. The summed E-state index contributed by atoms with van der Waals surface area (Å²) >= 11 is 0. The summed E-state index contributed by atoms with van der Waals surface area (Å²) < 4.78 is 75.8. The van der Waals surface area contributed by atoms with Gasteiger partial charge < -0.3 is 9.47 Å². The minimum atomic E-state index is -4.31. The van der Waals surface area contributed by atoms with Crippen molar-refractivity contribution in [1.29, 1.82) is 0 Å². The Kier molecular flexibility index (Phi) is 16.0. The van der Waals surface area contributed by atoms with E-state index >= 15 is 0 Å². The van der Waals surface area contributed by atoms with Gasteiger partial charge in [0.1, 0.15) is 21.3 Å². The van der Waals surface area contributed by atoms with Crippen molar-refractivity contribution in [2.75, 3.05) is 14.2 Å². The molecule has 0 aliphatic carbocycles. The Morgan fingerprint density at radius 2 is 0.544 bits per heavy atom. The van der Waals surface area contributed by atoms with Gasteiger partial charge in [0.05, 0.1) is 14.2 Å². The summed E-state index contributed by atoms with van der Waals surface area (Å²) in [4.78, 5) is -0.290. The largest absolute Gasteiger partial charge is 0.496 e. The van der Waals surface area contributed by atoms with Crippen LogP contribution in [0.15, 0.2) is 204 Å². The molecule has 0 saturated carbocycles. The maximum atomic E-state index is 11.5. The zero-order valence-corrected chi connectivity index (χ0v) is 38.9. The van der Waals surface area contributed by atoms with Crippen LogP contribution in [0.3, 0.4) is 0 Å². The first kappa shape index (κ1) is 48.1. The van der Waals surface area contributed by atoms with Crippen LogP contribution in [0.4, 0.5) is 0 Å². The highest BCUT2D eigenvalue weighted by atomic mass is 32.2. The molecule has 340 valence electrons. The van der Waals surface area contributed by atoms with E-state index in [9.17, 15) is 25.9 Å². The highest BCUT2D eigenvalue weighted by molar-refractivity contribution is 7.86. The van der Waals surface area contributed by atoms with Crippen LogP contribution in [0.2, 0.25) is 0 Å². The first-order valence-corrected chi connectivity index (χ1v) is 24.3. The van der Waals surface area contributed by atoms with Gasteiger partial charge in [0.2, 0.25) is 0 Å². The van der Waals surface area contributed by atoms with E-state index in [4.69, 9.17) is 9.47 Å². The molecule has 0 heterocycles. The Hall–Kier alpha value is -7.86. The Morgan fingerprint density at radius 3 is 0.809 bits per heavy atom. The highest BCUT2D eigenvalue weighted by Crippen LogP contribution is 2.27. The minimum absolute atomic E-state index is 0.145. The summed E-state index contributed by atoms with van der Waals surface area (Å²) in [6.07, 6.45) is 15.2. The van der Waals surface area contributed by atoms with Crippen molar-refractivity contribution in [2.24, 2.45) is 0 Å². The molecule has 0 saturated heterocycles. The van der Waals surface area contributed by atoms with Crippen LogP contribution >= 0.6 is 0 Å².